The second kappa shape index (κ2) is 7.67. The fraction of sp³-hybridized carbons (Fsp3) is 0.125. The molecular weight excluding hydrogens is 238 g/mol. The highest BCUT2D eigenvalue weighted by Crippen LogP contribution is 2.16. The average Bonchev–Trinajstić information content (AvgIpc) is 2.44. The number of ether oxygens (including phenoxy) is 1. The molecule has 0 aliphatic carbocycles. The molecule has 0 bridgehead atoms. The van der Waals surface area contributed by atoms with Crippen molar-refractivity contribution in [2.75, 3.05) is 7.11 Å². The third-order valence-electron chi connectivity index (χ3n) is 2.45. The summed E-state index contributed by atoms with van der Waals surface area (Å²) in [5.41, 5.74) is 2.53. The molecule has 0 aromatic heterocycles. The summed E-state index contributed by atoms with van der Waals surface area (Å²) < 4.78 is 4.59. The van der Waals surface area contributed by atoms with E-state index in [0.717, 1.165) is 16.7 Å². The fourth-order valence-electron chi connectivity index (χ4n) is 1.47. The zero-order chi connectivity index (χ0) is 14.1. The molecule has 0 heterocycles. The molecule has 0 saturated carbocycles. The van der Waals surface area contributed by atoms with Gasteiger partial charge in [-0.25, -0.2) is 4.79 Å². The van der Waals surface area contributed by atoms with Crippen molar-refractivity contribution < 1.29 is 9.53 Å². The van der Waals surface area contributed by atoms with Gasteiger partial charge in [-0.15, -0.1) is 0 Å². The highest BCUT2D eigenvalue weighted by Gasteiger charge is 2.01. The molecule has 1 aromatic carbocycles. The second-order valence-corrected chi connectivity index (χ2v) is 3.82. The molecule has 0 fully saturated rings. The van der Waals surface area contributed by atoms with Crippen LogP contribution in [0.1, 0.15) is 12.5 Å². The van der Waals surface area contributed by atoms with Crippen LogP contribution in [0.15, 0.2) is 59.7 Å². The Morgan fingerprint density at radius 3 is 2.58 bits per heavy atom. The van der Waals surface area contributed by atoms with Gasteiger partial charge in [0.2, 0.25) is 0 Å². The highest BCUT2D eigenvalue weighted by molar-refractivity contribution is 5.84. The van der Waals surface area contributed by atoms with E-state index in [-0.39, 0.29) is 0 Å². The van der Waals surface area contributed by atoms with Crippen LogP contribution >= 0.6 is 0 Å². The molecule has 0 unspecified atom stereocenters. The highest BCUT2D eigenvalue weighted by atomic mass is 16.5. The Morgan fingerprint density at radius 1 is 1.32 bits per heavy atom. The number of methoxy groups -OCH3 is 1. The van der Waals surface area contributed by atoms with Gasteiger partial charge in [0.25, 0.3) is 0 Å². The summed E-state index contributed by atoms with van der Waals surface area (Å²) in [5.74, 6) is -0.415. The van der Waals surface area contributed by atoms with E-state index in [0.29, 0.717) is 0 Å². The van der Waals surface area contributed by atoms with E-state index >= 15 is 0 Å². The topological polar surface area (TPSA) is 50.1 Å². The number of esters is 1. The summed E-state index contributed by atoms with van der Waals surface area (Å²) in [6, 6.07) is 11.6. The molecule has 0 aliphatic rings. The van der Waals surface area contributed by atoms with Crippen molar-refractivity contribution in [3.05, 3.63) is 65.3 Å². The minimum atomic E-state index is -0.415. The number of benzene rings is 1. The number of hydrogen-bond acceptors (Lipinski definition) is 3. The van der Waals surface area contributed by atoms with Crippen LogP contribution < -0.4 is 0 Å². The van der Waals surface area contributed by atoms with Crippen molar-refractivity contribution in [2.24, 2.45) is 0 Å². The van der Waals surface area contributed by atoms with Crippen LogP contribution in [0, 0.1) is 11.3 Å². The summed E-state index contributed by atoms with van der Waals surface area (Å²) in [4.78, 5) is 11.2. The molecule has 1 aromatic rings. The van der Waals surface area contributed by atoms with Gasteiger partial charge in [-0.2, -0.15) is 5.26 Å². The molecule has 0 saturated heterocycles. The maximum Gasteiger partial charge on any atom is 0.330 e. The fourth-order valence-corrected chi connectivity index (χ4v) is 1.47. The Balaban J connectivity index is 3.13. The van der Waals surface area contributed by atoms with E-state index in [9.17, 15) is 4.79 Å². The van der Waals surface area contributed by atoms with Gasteiger partial charge in [-0.1, -0.05) is 30.3 Å². The van der Waals surface area contributed by atoms with Crippen LogP contribution in [0.5, 0.6) is 0 Å². The monoisotopic (exact) mass is 253 g/mol. The first kappa shape index (κ1) is 14.5. The lowest BCUT2D eigenvalue weighted by molar-refractivity contribution is -0.134. The molecule has 1 rings (SSSR count). The van der Waals surface area contributed by atoms with Gasteiger partial charge >= 0.3 is 5.97 Å². The van der Waals surface area contributed by atoms with Crippen LogP contribution in [0.2, 0.25) is 0 Å². The number of carbonyl (C=O) groups excluding carboxylic acids is 1. The van der Waals surface area contributed by atoms with E-state index in [1.54, 1.807) is 13.0 Å². The number of allylic oxidation sites excluding steroid dienone is 4. The molecule has 3 nitrogen and oxygen atoms in total. The Hall–Kier alpha value is -2.60. The summed E-state index contributed by atoms with van der Waals surface area (Å²) in [7, 11) is 1.33. The maximum atomic E-state index is 11.2. The maximum absolute atomic E-state index is 11.2. The SMILES string of the molecule is COC(=O)C=C(C)C(C=CC#N)=Cc1ccccc1. The summed E-state index contributed by atoms with van der Waals surface area (Å²) in [5, 5.41) is 8.62. The molecule has 3 heteroatoms. The minimum Gasteiger partial charge on any atom is -0.466 e. The quantitative estimate of drug-likeness (QED) is 0.358. The van der Waals surface area contributed by atoms with Crippen molar-refractivity contribution >= 4 is 12.0 Å². The van der Waals surface area contributed by atoms with Gasteiger partial charge in [0, 0.05) is 12.2 Å². The third kappa shape index (κ3) is 5.05. The van der Waals surface area contributed by atoms with E-state index in [1.165, 1.54) is 19.3 Å². The van der Waals surface area contributed by atoms with Gasteiger partial charge in [0.05, 0.1) is 13.2 Å². The number of carbonyl (C=O) groups is 1. The van der Waals surface area contributed by atoms with E-state index in [1.807, 2.05) is 42.5 Å². The van der Waals surface area contributed by atoms with E-state index < -0.39 is 5.97 Å². The summed E-state index contributed by atoms with van der Waals surface area (Å²) in [6.07, 6.45) is 6.35. The predicted molar refractivity (Wildman–Crippen MR) is 74.9 cm³/mol. The van der Waals surface area contributed by atoms with Crippen LogP contribution in [0.4, 0.5) is 0 Å². The molecule has 96 valence electrons. The van der Waals surface area contributed by atoms with Crippen molar-refractivity contribution in [1.29, 1.82) is 5.26 Å². The molecule has 0 N–H and O–H groups in total. The van der Waals surface area contributed by atoms with Gasteiger partial charge < -0.3 is 4.74 Å². The van der Waals surface area contributed by atoms with Crippen molar-refractivity contribution in [1.82, 2.24) is 0 Å². The molecule has 0 amide bonds. The average molecular weight is 253 g/mol. The van der Waals surface area contributed by atoms with Crippen molar-refractivity contribution in [3.8, 4) is 6.07 Å². The van der Waals surface area contributed by atoms with E-state index in [4.69, 9.17) is 5.26 Å². The predicted octanol–water partition coefficient (Wildman–Crippen LogP) is 3.27. The Morgan fingerprint density at radius 2 is 2.00 bits per heavy atom. The van der Waals surface area contributed by atoms with Crippen molar-refractivity contribution in [2.45, 2.75) is 6.92 Å². The van der Waals surface area contributed by atoms with Gasteiger partial charge in [-0.05, 0) is 35.8 Å². The molecule has 0 radical (unpaired) electrons. The minimum absolute atomic E-state index is 0.415. The van der Waals surface area contributed by atoms with Crippen LogP contribution in [0.25, 0.3) is 6.08 Å². The lowest BCUT2D eigenvalue weighted by Gasteiger charge is -2.03. The van der Waals surface area contributed by atoms with Gasteiger partial charge in [0.15, 0.2) is 0 Å². The Labute approximate surface area is 113 Å². The standard InChI is InChI=1S/C16H15NO2/c1-13(11-16(18)19-2)15(9-6-10-17)12-14-7-4-3-5-8-14/h3-9,11-12H,1-2H3. The molecular formula is C16H15NO2. The number of rotatable bonds is 4. The molecule has 19 heavy (non-hydrogen) atoms. The summed E-state index contributed by atoms with van der Waals surface area (Å²) >= 11 is 0. The zero-order valence-corrected chi connectivity index (χ0v) is 11.0. The summed E-state index contributed by atoms with van der Waals surface area (Å²) in [6.45, 7) is 1.80. The molecule has 0 aliphatic heterocycles. The normalized spacial score (nSPS) is 12.3. The first-order valence-electron chi connectivity index (χ1n) is 5.77. The zero-order valence-electron chi connectivity index (χ0n) is 11.0. The Kier molecular flexibility index (Phi) is 5.84. The number of hydrogen-bond donors (Lipinski definition) is 0. The van der Waals surface area contributed by atoms with Crippen LogP contribution in [-0.2, 0) is 9.53 Å². The first-order valence-corrected chi connectivity index (χ1v) is 5.77. The van der Waals surface area contributed by atoms with E-state index in [2.05, 4.69) is 4.74 Å². The molecule has 0 spiro atoms. The van der Waals surface area contributed by atoms with Gasteiger partial charge in [0.1, 0.15) is 0 Å². The molecule has 0 atom stereocenters. The lowest BCUT2D eigenvalue weighted by atomic mass is 10.0. The lowest BCUT2D eigenvalue weighted by Crippen LogP contribution is -1.96. The number of nitriles is 1. The van der Waals surface area contributed by atoms with Crippen LogP contribution in [-0.4, -0.2) is 13.1 Å². The Bertz CT molecular complexity index is 560. The second-order valence-electron chi connectivity index (χ2n) is 3.82. The third-order valence-corrected chi connectivity index (χ3v) is 2.45. The smallest absolute Gasteiger partial charge is 0.330 e. The first-order chi connectivity index (χ1) is 9.17. The van der Waals surface area contributed by atoms with Crippen molar-refractivity contribution in [3.63, 3.8) is 0 Å². The largest absolute Gasteiger partial charge is 0.466 e. The van der Waals surface area contributed by atoms with Gasteiger partial charge in [-0.3, -0.25) is 0 Å². The number of nitrogens with zero attached hydrogens (tertiary/aromatic N) is 1. The van der Waals surface area contributed by atoms with Crippen LogP contribution in [0.3, 0.4) is 0 Å².